The van der Waals surface area contributed by atoms with E-state index in [1.54, 1.807) is 33.7 Å². The third kappa shape index (κ3) is 2.85. The average molecular weight is 339 g/mol. The van der Waals surface area contributed by atoms with E-state index in [2.05, 4.69) is 20.7 Å². The number of ether oxygens (including phenoxy) is 1. The maximum atomic E-state index is 12.0. The quantitative estimate of drug-likeness (QED) is 0.803. The first kappa shape index (κ1) is 14.6. The standard InChI is InChI=1S/C14H15BrN2O3/c1-3-16-6-7-17(14(16)19)9-11-5-4-10(8-12(11)15)13(18)20-2/h4-8H,3,9H2,1-2H3. The summed E-state index contributed by atoms with van der Waals surface area (Å²) in [7, 11) is 1.34. The Morgan fingerprint density at radius 2 is 2.00 bits per heavy atom. The second-order valence-electron chi connectivity index (χ2n) is 4.29. The highest BCUT2D eigenvalue weighted by Crippen LogP contribution is 2.20. The van der Waals surface area contributed by atoms with E-state index >= 15 is 0 Å². The molecular weight excluding hydrogens is 324 g/mol. The molecule has 1 heterocycles. The molecule has 0 spiro atoms. The van der Waals surface area contributed by atoms with Crippen molar-refractivity contribution >= 4 is 21.9 Å². The van der Waals surface area contributed by atoms with Crippen molar-refractivity contribution in [2.45, 2.75) is 20.0 Å². The van der Waals surface area contributed by atoms with Crippen molar-refractivity contribution < 1.29 is 9.53 Å². The van der Waals surface area contributed by atoms with Crippen LogP contribution in [0, 0.1) is 0 Å². The van der Waals surface area contributed by atoms with Gasteiger partial charge in [-0.2, -0.15) is 0 Å². The normalized spacial score (nSPS) is 10.6. The largest absolute Gasteiger partial charge is 0.465 e. The highest BCUT2D eigenvalue weighted by atomic mass is 79.9. The molecule has 20 heavy (non-hydrogen) atoms. The smallest absolute Gasteiger partial charge is 0.337 e. The van der Waals surface area contributed by atoms with Gasteiger partial charge in [0.15, 0.2) is 0 Å². The summed E-state index contributed by atoms with van der Waals surface area (Å²) in [5.41, 5.74) is 1.35. The molecule has 1 aromatic carbocycles. The lowest BCUT2D eigenvalue weighted by atomic mass is 10.1. The van der Waals surface area contributed by atoms with Crippen molar-refractivity contribution in [1.29, 1.82) is 0 Å². The number of esters is 1. The minimum Gasteiger partial charge on any atom is -0.465 e. The van der Waals surface area contributed by atoms with Gasteiger partial charge in [-0.15, -0.1) is 0 Å². The highest BCUT2D eigenvalue weighted by Gasteiger charge is 2.10. The molecule has 0 saturated carbocycles. The summed E-state index contributed by atoms with van der Waals surface area (Å²) in [5, 5.41) is 0. The lowest BCUT2D eigenvalue weighted by Gasteiger charge is -2.07. The molecule has 5 nitrogen and oxygen atoms in total. The zero-order chi connectivity index (χ0) is 14.7. The van der Waals surface area contributed by atoms with Gasteiger partial charge in [-0.25, -0.2) is 9.59 Å². The number of carbonyl (C=O) groups is 1. The highest BCUT2D eigenvalue weighted by molar-refractivity contribution is 9.10. The van der Waals surface area contributed by atoms with Gasteiger partial charge in [0.1, 0.15) is 0 Å². The molecule has 2 rings (SSSR count). The van der Waals surface area contributed by atoms with Crippen LogP contribution in [0.4, 0.5) is 0 Å². The number of methoxy groups -OCH3 is 1. The predicted molar refractivity (Wildman–Crippen MR) is 78.9 cm³/mol. The van der Waals surface area contributed by atoms with Gasteiger partial charge in [0.05, 0.1) is 19.2 Å². The summed E-state index contributed by atoms with van der Waals surface area (Å²) in [5.74, 6) is -0.383. The molecule has 1 aromatic heterocycles. The van der Waals surface area contributed by atoms with Crippen LogP contribution in [0.5, 0.6) is 0 Å². The summed E-state index contributed by atoms with van der Waals surface area (Å²) in [6.45, 7) is 3.02. The summed E-state index contributed by atoms with van der Waals surface area (Å²) >= 11 is 3.42. The van der Waals surface area contributed by atoms with E-state index in [0.717, 1.165) is 10.0 Å². The first-order valence-electron chi connectivity index (χ1n) is 6.19. The van der Waals surface area contributed by atoms with E-state index in [4.69, 9.17) is 0 Å². The van der Waals surface area contributed by atoms with Crippen LogP contribution >= 0.6 is 15.9 Å². The van der Waals surface area contributed by atoms with Crippen LogP contribution < -0.4 is 5.69 Å². The lowest BCUT2D eigenvalue weighted by Crippen LogP contribution is -2.23. The van der Waals surface area contributed by atoms with Crippen LogP contribution in [0.2, 0.25) is 0 Å². The minimum absolute atomic E-state index is 0.0450. The van der Waals surface area contributed by atoms with E-state index in [1.807, 2.05) is 13.0 Å². The Morgan fingerprint density at radius 1 is 1.30 bits per heavy atom. The minimum atomic E-state index is -0.383. The Hall–Kier alpha value is -1.82. The van der Waals surface area contributed by atoms with E-state index in [-0.39, 0.29) is 11.7 Å². The average Bonchev–Trinajstić information content (AvgIpc) is 2.80. The first-order valence-corrected chi connectivity index (χ1v) is 6.98. The fourth-order valence-electron chi connectivity index (χ4n) is 1.92. The lowest BCUT2D eigenvalue weighted by molar-refractivity contribution is 0.0600. The third-order valence-electron chi connectivity index (χ3n) is 3.07. The van der Waals surface area contributed by atoms with Crippen molar-refractivity contribution in [3.8, 4) is 0 Å². The second kappa shape index (κ2) is 6.09. The topological polar surface area (TPSA) is 53.2 Å². The Bertz CT molecular complexity index is 688. The van der Waals surface area contributed by atoms with Gasteiger partial charge in [0.2, 0.25) is 0 Å². The van der Waals surface area contributed by atoms with Gasteiger partial charge in [-0.1, -0.05) is 22.0 Å². The van der Waals surface area contributed by atoms with E-state index in [1.165, 1.54) is 7.11 Å². The molecule has 0 saturated heterocycles. The van der Waals surface area contributed by atoms with Crippen molar-refractivity contribution in [3.63, 3.8) is 0 Å². The van der Waals surface area contributed by atoms with Gasteiger partial charge in [-0.3, -0.25) is 9.13 Å². The molecule has 6 heteroatoms. The van der Waals surface area contributed by atoms with Crippen molar-refractivity contribution in [2.24, 2.45) is 0 Å². The molecule has 0 unspecified atom stereocenters. The first-order chi connectivity index (χ1) is 9.56. The number of aromatic nitrogens is 2. The Balaban J connectivity index is 2.28. The van der Waals surface area contributed by atoms with Crippen LogP contribution in [0.3, 0.4) is 0 Å². The molecule has 0 bridgehead atoms. The molecule has 0 N–H and O–H groups in total. The maximum absolute atomic E-state index is 12.0. The Kier molecular flexibility index (Phi) is 4.44. The molecule has 2 aromatic rings. The zero-order valence-electron chi connectivity index (χ0n) is 11.3. The molecule has 0 aliphatic carbocycles. The van der Waals surface area contributed by atoms with Crippen LogP contribution in [0.1, 0.15) is 22.8 Å². The fraction of sp³-hybridized carbons (Fsp3) is 0.286. The summed E-state index contributed by atoms with van der Waals surface area (Å²) in [6.07, 6.45) is 3.52. The predicted octanol–water partition coefficient (Wildman–Crippen LogP) is 2.27. The van der Waals surface area contributed by atoms with E-state index in [9.17, 15) is 9.59 Å². The van der Waals surface area contributed by atoms with Crippen LogP contribution in [0.25, 0.3) is 0 Å². The SMILES string of the molecule is CCn1ccn(Cc2ccc(C(=O)OC)cc2Br)c1=O. The second-order valence-corrected chi connectivity index (χ2v) is 5.15. The molecule has 0 fully saturated rings. The van der Waals surface area contributed by atoms with Crippen molar-refractivity contribution in [1.82, 2.24) is 9.13 Å². The van der Waals surface area contributed by atoms with Crippen molar-refractivity contribution in [2.75, 3.05) is 7.11 Å². The van der Waals surface area contributed by atoms with Gasteiger partial charge >= 0.3 is 11.7 Å². The van der Waals surface area contributed by atoms with Crippen molar-refractivity contribution in [3.05, 3.63) is 56.7 Å². The molecule has 0 aliphatic rings. The Labute approximate surface area is 124 Å². The number of halogens is 1. The summed E-state index contributed by atoms with van der Waals surface area (Å²) in [6, 6.07) is 5.20. The molecule has 0 aliphatic heterocycles. The van der Waals surface area contributed by atoms with Gasteiger partial charge < -0.3 is 4.74 Å². The number of hydrogen-bond donors (Lipinski definition) is 0. The zero-order valence-corrected chi connectivity index (χ0v) is 12.9. The van der Waals surface area contributed by atoms with Gasteiger partial charge in [-0.05, 0) is 24.6 Å². The number of nitrogens with zero attached hydrogens (tertiary/aromatic N) is 2. The number of imidazole rings is 1. The monoisotopic (exact) mass is 338 g/mol. The van der Waals surface area contributed by atoms with Gasteiger partial charge in [0, 0.05) is 23.4 Å². The number of aryl methyl sites for hydroxylation is 1. The maximum Gasteiger partial charge on any atom is 0.337 e. The number of rotatable bonds is 4. The molecular formula is C14H15BrN2O3. The summed E-state index contributed by atoms with van der Waals surface area (Å²) in [4.78, 5) is 23.4. The van der Waals surface area contributed by atoms with Crippen LogP contribution in [0.15, 0.2) is 39.9 Å². The van der Waals surface area contributed by atoms with Crippen LogP contribution in [-0.2, 0) is 17.8 Å². The molecule has 106 valence electrons. The van der Waals surface area contributed by atoms with E-state index < -0.39 is 0 Å². The number of carbonyl (C=O) groups excluding carboxylic acids is 1. The molecule has 0 amide bonds. The fourth-order valence-corrected chi connectivity index (χ4v) is 2.42. The number of hydrogen-bond acceptors (Lipinski definition) is 3. The summed E-state index contributed by atoms with van der Waals surface area (Å²) < 4.78 is 8.70. The van der Waals surface area contributed by atoms with E-state index in [0.29, 0.717) is 18.7 Å². The Morgan fingerprint density at radius 3 is 2.55 bits per heavy atom. The molecule has 0 atom stereocenters. The number of benzene rings is 1. The molecule has 0 radical (unpaired) electrons. The van der Waals surface area contributed by atoms with Gasteiger partial charge in [0.25, 0.3) is 0 Å². The van der Waals surface area contributed by atoms with Crippen LogP contribution in [-0.4, -0.2) is 22.2 Å². The third-order valence-corrected chi connectivity index (χ3v) is 3.81.